The van der Waals surface area contributed by atoms with Crippen LogP contribution in [0.5, 0.6) is 5.75 Å². The van der Waals surface area contributed by atoms with E-state index in [-0.39, 0.29) is 22.3 Å². The number of carbonyl (C=O) groups excluding carboxylic acids is 2. The largest absolute Gasteiger partial charge is 0.496 e. The molecular weight excluding hydrogens is 396 g/mol. The highest BCUT2D eigenvalue weighted by Crippen LogP contribution is 2.23. The lowest BCUT2D eigenvalue weighted by Gasteiger charge is -2.16. The highest BCUT2D eigenvalue weighted by Gasteiger charge is 2.20. The highest BCUT2D eigenvalue weighted by atomic mass is 32.2. The van der Waals surface area contributed by atoms with Crippen molar-refractivity contribution >= 4 is 21.9 Å². The van der Waals surface area contributed by atoms with Gasteiger partial charge in [-0.05, 0) is 55.7 Å². The first-order valence-corrected chi connectivity index (χ1v) is 10.3. The average molecular weight is 420 g/mol. The number of esters is 1. The molecule has 2 rings (SSSR count). The summed E-state index contributed by atoms with van der Waals surface area (Å²) in [4.78, 5) is 24.2. The van der Waals surface area contributed by atoms with Gasteiger partial charge in [0.25, 0.3) is 5.91 Å². The molecule has 0 aliphatic carbocycles. The van der Waals surface area contributed by atoms with Gasteiger partial charge < -0.3 is 14.8 Å². The number of methoxy groups -OCH3 is 1. The van der Waals surface area contributed by atoms with Crippen LogP contribution in [0.3, 0.4) is 0 Å². The second-order valence-electron chi connectivity index (χ2n) is 6.62. The summed E-state index contributed by atoms with van der Waals surface area (Å²) >= 11 is 0. The minimum atomic E-state index is -4.01. The topological polar surface area (TPSA) is 125 Å². The summed E-state index contributed by atoms with van der Waals surface area (Å²) in [6.07, 6.45) is 0. The zero-order valence-corrected chi connectivity index (χ0v) is 17.5. The van der Waals surface area contributed by atoms with Crippen molar-refractivity contribution in [2.45, 2.75) is 31.7 Å². The smallest absolute Gasteiger partial charge is 0.342 e. The third kappa shape index (κ3) is 5.78. The number of nitrogens with one attached hydrogen (secondary N) is 1. The van der Waals surface area contributed by atoms with E-state index in [0.717, 1.165) is 22.8 Å². The van der Waals surface area contributed by atoms with Crippen LogP contribution in [0, 0.1) is 13.8 Å². The van der Waals surface area contributed by atoms with Crippen LogP contribution in [0.15, 0.2) is 41.3 Å². The minimum Gasteiger partial charge on any atom is -0.496 e. The van der Waals surface area contributed by atoms with E-state index in [1.807, 2.05) is 39.0 Å². The van der Waals surface area contributed by atoms with Crippen LogP contribution >= 0.6 is 0 Å². The number of primary sulfonamides is 1. The van der Waals surface area contributed by atoms with Gasteiger partial charge in [-0.1, -0.05) is 18.2 Å². The van der Waals surface area contributed by atoms with Gasteiger partial charge in [0.15, 0.2) is 6.61 Å². The molecule has 0 unspecified atom stereocenters. The molecule has 0 fully saturated rings. The summed E-state index contributed by atoms with van der Waals surface area (Å²) in [5, 5.41) is 7.84. The van der Waals surface area contributed by atoms with Gasteiger partial charge in [0.05, 0.1) is 18.0 Å². The Balaban J connectivity index is 2.04. The van der Waals surface area contributed by atoms with Crippen LogP contribution in [-0.4, -0.2) is 34.0 Å². The fourth-order valence-corrected chi connectivity index (χ4v) is 3.17. The van der Waals surface area contributed by atoms with E-state index in [2.05, 4.69) is 5.32 Å². The third-order valence-electron chi connectivity index (χ3n) is 4.46. The highest BCUT2D eigenvalue weighted by molar-refractivity contribution is 7.89. The van der Waals surface area contributed by atoms with E-state index in [1.54, 1.807) is 0 Å². The maximum Gasteiger partial charge on any atom is 0.342 e. The molecule has 0 saturated heterocycles. The monoisotopic (exact) mass is 420 g/mol. The van der Waals surface area contributed by atoms with Crippen molar-refractivity contribution in [3.05, 3.63) is 58.7 Å². The molecule has 0 radical (unpaired) electrons. The molecule has 1 amide bonds. The summed E-state index contributed by atoms with van der Waals surface area (Å²) in [5.41, 5.74) is 3.04. The van der Waals surface area contributed by atoms with Crippen LogP contribution in [0.4, 0.5) is 0 Å². The molecule has 0 bridgehead atoms. The molecule has 0 aliphatic heterocycles. The van der Waals surface area contributed by atoms with Gasteiger partial charge in [0.2, 0.25) is 10.0 Å². The standard InChI is InChI=1S/C20H24N2O6S/c1-12-5-6-15(9-13(12)2)14(3)22-19(23)11-28-20(24)17-10-16(29(21,25)26)7-8-18(17)27-4/h5-10,14H,11H2,1-4H3,(H,22,23)(H2,21,25,26)/t14-/m1/s1. The Morgan fingerprint density at radius 2 is 1.79 bits per heavy atom. The number of aryl methyl sites for hydroxylation is 2. The molecule has 0 saturated carbocycles. The van der Waals surface area contributed by atoms with Crippen LogP contribution in [0.25, 0.3) is 0 Å². The number of ether oxygens (including phenoxy) is 2. The second-order valence-corrected chi connectivity index (χ2v) is 8.18. The zero-order valence-electron chi connectivity index (χ0n) is 16.7. The molecule has 29 heavy (non-hydrogen) atoms. The van der Waals surface area contributed by atoms with Gasteiger partial charge in [-0.25, -0.2) is 18.4 Å². The Morgan fingerprint density at radius 1 is 1.10 bits per heavy atom. The Morgan fingerprint density at radius 3 is 2.38 bits per heavy atom. The Kier molecular flexibility index (Phi) is 6.99. The van der Waals surface area contributed by atoms with Crippen molar-refractivity contribution in [1.82, 2.24) is 5.32 Å². The van der Waals surface area contributed by atoms with Crippen LogP contribution in [-0.2, 0) is 19.6 Å². The van der Waals surface area contributed by atoms with E-state index >= 15 is 0 Å². The van der Waals surface area contributed by atoms with Gasteiger partial charge >= 0.3 is 5.97 Å². The number of nitrogens with two attached hydrogens (primary N) is 1. The summed E-state index contributed by atoms with van der Waals surface area (Å²) in [6.45, 7) is 5.28. The quantitative estimate of drug-likeness (QED) is 0.660. The minimum absolute atomic E-state index is 0.103. The molecule has 3 N–H and O–H groups in total. The molecule has 0 spiro atoms. The Hall–Kier alpha value is -2.91. The van der Waals surface area contributed by atoms with Crippen molar-refractivity contribution in [3.8, 4) is 5.75 Å². The van der Waals surface area contributed by atoms with E-state index in [1.165, 1.54) is 19.2 Å². The summed E-state index contributed by atoms with van der Waals surface area (Å²) in [5.74, 6) is -1.29. The van der Waals surface area contributed by atoms with E-state index < -0.39 is 28.5 Å². The Bertz CT molecular complexity index is 1030. The van der Waals surface area contributed by atoms with Gasteiger partial charge in [-0.2, -0.15) is 0 Å². The molecule has 156 valence electrons. The summed E-state index contributed by atoms with van der Waals surface area (Å²) in [6, 6.07) is 9.14. The average Bonchev–Trinajstić information content (AvgIpc) is 2.66. The number of carbonyl (C=O) groups is 2. The fraction of sp³-hybridized carbons (Fsp3) is 0.300. The molecule has 1 atom stereocenters. The van der Waals surface area contributed by atoms with E-state index in [9.17, 15) is 18.0 Å². The van der Waals surface area contributed by atoms with E-state index in [4.69, 9.17) is 14.6 Å². The number of hydrogen-bond acceptors (Lipinski definition) is 6. The first-order chi connectivity index (χ1) is 13.5. The second kappa shape index (κ2) is 9.06. The van der Waals surface area contributed by atoms with Crippen molar-refractivity contribution in [1.29, 1.82) is 0 Å². The lowest BCUT2D eigenvalue weighted by molar-refractivity contribution is -0.124. The summed E-state index contributed by atoms with van der Waals surface area (Å²) < 4.78 is 33.1. The maximum atomic E-state index is 12.3. The van der Waals surface area contributed by atoms with Crippen molar-refractivity contribution < 1.29 is 27.5 Å². The van der Waals surface area contributed by atoms with Crippen molar-refractivity contribution in [2.75, 3.05) is 13.7 Å². The van der Waals surface area contributed by atoms with Gasteiger partial charge in [-0.3, -0.25) is 4.79 Å². The van der Waals surface area contributed by atoms with Crippen molar-refractivity contribution in [3.63, 3.8) is 0 Å². The number of amides is 1. The predicted octanol–water partition coefficient (Wildman–Crippen LogP) is 1.99. The molecule has 0 heterocycles. The maximum absolute atomic E-state index is 12.3. The lowest BCUT2D eigenvalue weighted by Crippen LogP contribution is -2.31. The number of rotatable bonds is 7. The molecular formula is C20H24N2O6S. The zero-order chi connectivity index (χ0) is 21.8. The predicted molar refractivity (Wildman–Crippen MR) is 107 cm³/mol. The number of benzene rings is 2. The molecule has 0 aliphatic rings. The van der Waals surface area contributed by atoms with Crippen LogP contribution in [0.1, 0.15) is 40.0 Å². The lowest BCUT2D eigenvalue weighted by atomic mass is 10.0. The molecule has 8 nitrogen and oxygen atoms in total. The first kappa shape index (κ1) is 22.4. The SMILES string of the molecule is COc1ccc(S(N)(=O)=O)cc1C(=O)OCC(=O)N[C@H](C)c1ccc(C)c(C)c1. The summed E-state index contributed by atoms with van der Waals surface area (Å²) in [7, 11) is -2.69. The van der Waals surface area contributed by atoms with Gasteiger partial charge in [0.1, 0.15) is 11.3 Å². The third-order valence-corrected chi connectivity index (χ3v) is 5.37. The fourth-order valence-electron chi connectivity index (χ4n) is 2.63. The Labute approximate surface area is 170 Å². The van der Waals surface area contributed by atoms with Gasteiger partial charge in [-0.15, -0.1) is 0 Å². The molecule has 2 aromatic rings. The molecule has 0 aromatic heterocycles. The molecule has 9 heteroatoms. The normalized spacial score (nSPS) is 12.2. The number of sulfonamides is 1. The molecule has 2 aromatic carbocycles. The van der Waals surface area contributed by atoms with Gasteiger partial charge in [0, 0.05) is 0 Å². The van der Waals surface area contributed by atoms with Crippen LogP contribution < -0.4 is 15.2 Å². The van der Waals surface area contributed by atoms with Crippen molar-refractivity contribution in [2.24, 2.45) is 5.14 Å². The number of hydrogen-bond donors (Lipinski definition) is 2. The van der Waals surface area contributed by atoms with Crippen LogP contribution in [0.2, 0.25) is 0 Å². The van der Waals surface area contributed by atoms with E-state index in [0.29, 0.717) is 0 Å². The first-order valence-electron chi connectivity index (χ1n) is 8.77.